The molecular formula is C23H26N2O4. The average Bonchev–Trinajstić information content (AvgIpc) is 2.91. The molecule has 2 N–H and O–H groups in total. The Labute approximate surface area is 170 Å². The van der Waals surface area contributed by atoms with Gasteiger partial charge in [-0.2, -0.15) is 0 Å². The van der Waals surface area contributed by atoms with E-state index in [1.54, 1.807) is 36.9 Å². The summed E-state index contributed by atoms with van der Waals surface area (Å²) >= 11 is 0. The van der Waals surface area contributed by atoms with Gasteiger partial charge in [0.1, 0.15) is 5.75 Å². The number of likely N-dealkylation sites (tertiary alicyclic amines) is 1. The maximum Gasteiger partial charge on any atom is 0.268 e. The van der Waals surface area contributed by atoms with Crippen molar-refractivity contribution in [1.82, 2.24) is 4.90 Å². The number of hydrogen-bond donors (Lipinski definition) is 2. The molecule has 1 atom stereocenters. The van der Waals surface area contributed by atoms with Crippen LogP contribution in [0.3, 0.4) is 0 Å². The van der Waals surface area contributed by atoms with Crippen molar-refractivity contribution in [2.45, 2.75) is 44.3 Å². The molecule has 0 spiro atoms. The zero-order chi connectivity index (χ0) is 20.6. The summed E-state index contributed by atoms with van der Waals surface area (Å²) in [5.41, 5.74) is 0.0861. The molecule has 0 saturated carbocycles. The van der Waals surface area contributed by atoms with E-state index in [0.717, 1.165) is 12.0 Å². The molecule has 6 heteroatoms. The number of rotatable bonds is 2. The first-order valence-electron chi connectivity index (χ1n) is 10.0. The van der Waals surface area contributed by atoms with Gasteiger partial charge < -0.3 is 20.1 Å². The van der Waals surface area contributed by atoms with E-state index in [4.69, 9.17) is 4.74 Å². The lowest BCUT2D eigenvalue weighted by molar-refractivity contribution is -0.129. The summed E-state index contributed by atoms with van der Waals surface area (Å²) in [6.07, 6.45) is 1.84. The number of carbonyl (C=O) groups excluding carboxylic acids is 2. The molecule has 0 aromatic heterocycles. The summed E-state index contributed by atoms with van der Waals surface area (Å²) in [6.45, 7) is 4.45. The van der Waals surface area contributed by atoms with Gasteiger partial charge in [0, 0.05) is 18.7 Å². The van der Waals surface area contributed by atoms with Crippen LogP contribution >= 0.6 is 0 Å². The molecule has 2 aromatic carbocycles. The fourth-order valence-corrected chi connectivity index (χ4v) is 3.98. The van der Waals surface area contributed by atoms with Crippen molar-refractivity contribution in [2.75, 3.05) is 18.4 Å². The minimum Gasteiger partial charge on any atom is -0.476 e. The first kappa shape index (κ1) is 19.5. The highest BCUT2D eigenvalue weighted by atomic mass is 16.5. The number of amides is 2. The number of hydrogen-bond acceptors (Lipinski definition) is 4. The van der Waals surface area contributed by atoms with Crippen LogP contribution < -0.4 is 10.1 Å². The largest absolute Gasteiger partial charge is 0.476 e. The van der Waals surface area contributed by atoms with Crippen LogP contribution in [0.2, 0.25) is 0 Å². The predicted molar refractivity (Wildman–Crippen MR) is 110 cm³/mol. The highest BCUT2D eigenvalue weighted by molar-refractivity contribution is 6.02. The van der Waals surface area contributed by atoms with Crippen LogP contribution in [0.1, 0.15) is 49.0 Å². The Kier molecular flexibility index (Phi) is 4.82. The third-order valence-corrected chi connectivity index (χ3v) is 5.80. The van der Waals surface area contributed by atoms with E-state index in [-0.39, 0.29) is 11.8 Å². The fraction of sp³-hybridized carbons (Fsp3) is 0.391. The van der Waals surface area contributed by atoms with E-state index in [9.17, 15) is 14.7 Å². The molecule has 2 amide bonds. The lowest BCUT2D eigenvalue weighted by atomic mass is 9.87. The molecule has 6 nitrogen and oxygen atoms in total. The first-order chi connectivity index (χ1) is 13.8. The van der Waals surface area contributed by atoms with E-state index in [1.807, 2.05) is 30.3 Å². The first-order valence-corrected chi connectivity index (χ1v) is 10.0. The van der Waals surface area contributed by atoms with E-state index < -0.39 is 11.2 Å². The smallest absolute Gasteiger partial charge is 0.268 e. The van der Waals surface area contributed by atoms with Crippen LogP contribution in [0.25, 0.3) is 0 Å². The van der Waals surface area contributed by atoms with Gasteiger partial charge in [0.15, 0.2) is 5.60 Å². The molecule has 2 aliphatic heterocycles. The van der Waals surface area contributed by atoms with Gasteiger partial charge in [0.05, 0.1) is 11.3 Å². The Morgan fingerprint density at radius 1 is 1.10 bits per heavy atom. The molecule has 2 aliphatic rings. The van der Waals surface area contributed by atoms with Gasteiger partial charge in [0.25, 0.3) is 11.8 Å². The number of ether oxygens (including phenoxy) is 1. The number of aliphatic hydroxyl groups is 1. The quantitative estimate of drug-likeness (QED) is 0.819. The standard InChI is InChI=1S/C23H26N2O4/c1-22(2)21(27)24-18-10-9-16(15-19(18)29-22)20(26)25-13-6-11-23(28,12-14-25)17-7-4-3-5-8-17/h3-5,7-10,15,28H,6,11-14H2,1-2H3,(H,24,27). The molecule has 0 aliphatic carbocycles. The normalized spacial score (nSPS) is 23.4. The summed E-state index contributed by atoms with van der Waals surface area (Å²) in [7, 11) is 0. The number of carbonyl (C=O) groups is 2. The Morgan fingerprint density at radius 3 is 2.62 bits per heavy atom. The number of nitrogens with one attached hydrogen (secondary N) is 1. The number of benzene rings is 2. The lowest BCUT2D eigenvalue weighted by Crippen LogP contribution is -2.45. The highest BCUT2D eigenvalue weighted by Crippen LogP contribution is 2.36. The Balaban J connectivity index is 1.51. The van der Waals surface area contributed by atoms with E-state index in [1.165, 1.54) is 0 Å². The number of anilines is 1. The van der Waals surface area contributed by atoms with E-state index >= 15 is 0 Å². The van der Waals surface area contributed by atoms with Gasteiger partial charge in [-0.15, -0.1) is 0 Å². The molecule has 1 fully saturated rings. The third-order valence-electron chi connectivity index (χ3n) is 5.80. The topological polar surface area (TPSA) is 78.9 Å². The van der Waals surface area contributed by atoms with Crippen molar-refractivity contribution in [1.29, 1.82) is 0 Å². The van der Waals surface area contributed by atoms with E-state index in [0.29, 0.717) is 42.9 Å². The Morgan fingerprint density at radius 2 is 1.86 bits per heavy atom. The van der Waals surface area contributed by atoms with Crippen LogP contribution in [-0.2, 0) is 10.4 Å². The van der Waals surface area contributed by atoms with Gasteiger partial charge in [-0.3, -0.25) is 9.59 Å². The highest BCUT2D eigenvalue weighted by Gasteiger charge is 2.36. The third kappa shape index (κ3) is 3.72. The molecule has 29 heavy (non-hydrogen) atoms. The van der Waals surface area contributed by atoms with E-state index in [2.05, 4.69) is 5.32 Å². The minimum atomic E-state index is -0.983. The van der Waals surface area contributed by atoms with Crippen LogP contribution in [0.15, 0.2) is 48.5 Å². The van der Waals surface area contributed by atoms with Gasteiger partial charge in [0.2, 0.25) is 0 Å². The Hall–Kier alpha value is -2.86. The van der Waals surface area contributed by atoms with Crippen molar-refractivity contribution in [3.05, 3.63) is 59.7 Å². The monoisotopic (exact) mass is 394 g/mol. The van der Waals surface area contributed by atoms with Crippen LogP contribution in [0.5, 0.6) is 5.75 Å². The molecule has 1 unspecified atom stereocenters. The summed E-state index contributed by atoms with van der Waals surface area (Å²) in [5.74, 6) is 0.191. The number of fused-ring (bicyclic) bond motifs is 1. The van der Waals surface area contributed by atoms with Crippen molar-refractivity contribution >= 4 is 17.5 Å². The molecule has 4 rings (SSSR count). The van der Waals surface area contributed by atoms with Crippen molar-refractivity contribution in [2.24, 2.45) is 0 Å². The summed E-state index contributed by atoms with van der Waals surface area (Å²) in [6, 6.07) is 14.8. The van der Waals surface area contributed by atoms with Crippen LogP contribution in [0.4, 0.5) is 5.69 Å². The second-order valence-corrected chi connectivity index (χ2v) is 8.32. The van der Waals surface area contributed by atoms with Crippen molar-refractivity contribution in [3.63, 3.8) is 0 Å². The van der Waals surface area contributed by atoms with Gasteiger partial charge in [-0.1, -0.05) is 30.3 Å². The maximum absolute atomic E-state index is 13.1. The molecule has 152 valence electrons. The van der Waals surface area contributed by atoms with Crippen molar-refractivity contribution in [3.8, 4) is 5.75 Å². The second-order valence-electron chi connectivity index (χ2n) is 8.32. The summed E-state index contributed by atoms with van der Waals surface area (Å²) in [5, 5.41) is 13.9. The molecule has 2 aromatic rings. The summed E-state index contributed by atoms with van der Waals surface area (Å²) < 4.78 is 5.80. The van der Waals surface area contributed by atoms with Gasteiger partial charge in [-0.05, 0) is 56.9 Å². The Bertz CT molecular complexity index is 941. The average molecular weight is 394 g/mol. The fourth-order valence-electron chi connectivity index (χ4n) is 3.98. The molecular weight excluding hydrogens is 368 g/mol. The zero-order valence-electron chi connectivity index (χ0n) is 16.8. The molecule has 0 bridgehead atoms. The lowest BCUT2D eigenvalue weighted by Gasteiger charge is -2.32. The molecule has 2 heterocycles. The van der Waals surface area contributed by atoms with Gasteiger partial charge >= 0.3 is 0 Å². The number of nitrogens with zero attached hydrogens (tertiary/aromatic N) is 1. The van der Waals surface area contributed by atoms with Crippen LogP contribution in [0, 0.1) is 0 Å². The van der Waals surface area contributed by atoms with Gasteiger partial charge in [-0.25, -0.2) is 0 Å². The predicted octanol–water partition coefficient (Wildman–Crippen LogP) is 3.31. The summed E-state index contributed by atoms with van der Waals surface area (Å²) in [4.78, 5) is 26.9. The van der Waals surface area contributed by atoms with Crippen molar-refractivity contribution < 1.29 is 19.4 Å². The zero-order valence-corrected chi connectivity index (χ0v) is 16.8. The van der Waals surface area contributed by atoms with Crippen LogP contribution in [-0.4, -0.2) is 40.5 Å². The maximum atomic E-state index is 13.1. The second kappa shape index (κ2) is 7.19. The SMILES string of the molecule is CC1(C)Oc2cc(C(=O)N3CCCC(O)(c4ccccc4)CC3)ccc2NC1=O. The molecule has 1 saturated heterocycles. The molecule has 0 radical (unpaired) electrons. The minimum absolute atomic E-state index is 0.0941.